The molecule has 0 aromatic heterocycles. The summed E-state index contributed by atoms with van der Waals surface area (Å²) >= 11 is 5.81. The molecule has 0 aliphatic heterocycles. The minimum absolute atomic E-state index is 0.203. The molecule has 2 aromatic carbocycles. The van der Waals surface area contributed by atoms with Crippen molar-refractivity contribution >= 4 is 33.2 Å². The van der Waals surface area contributed by atoms with Crippen molar-refractivity contribution in [3.8, 4) is 17.2 Å². The second-order valence-electron chi connectivity index (χ2n) is 5.96. The fourth-order valence-electron chi connectivity index (χ4n) is 2.45. The van der Waals surface area contributed by atoms with Crippen LogP contribution < -0.4 is 23.8 Å². The molecule has 29 heavy (non-hydrogen) atoms. The highest BCUT2D eigenvalue weighted by molar-refractivity contribution is 7.92. The van der Waals surface area contributed by atoms with Crippen molar-refractivity contribution in [1.82, 2.24) is 5.32 Å². The van der Waals surface area contributed by atoms with E-state index in [1.807, 2.05) is 0 Å². The third-order valence-electron chi connectivity index (χ3n) is 3.85. The van der Waals surface area contributed by atoms with Gasteiger partial charge in [0.2, 0.25) is 15.9 Å². The molecule has 0 radical (unpaired) electrons. The first-order valence-corrected chi connectivity index (χ1v) is 10.8. The van der Waals surface area contributed by atoms with E-state index >= 15 is 0 Å². The number of sulfonamides is 1. The fourth-order valence-corrected chi connectivity index (χ4v) is 3.43. The Balaban J connectivity index is 2.01. The summed E-state index contributed by atoms with van der Waals surface area (Å²) in [5.41, 5.74) is 0.210. The number of amides is 1. The van der Waals surface area contributed by atoms with E-state index < -0.39 is 22.5 Å². The molecule has 0 saturated carbocycles. The zero-order chi connectivity index (χ0) is 21.4. The number of nitrogens with zero attached hydrogens (tertiary/aromatic N) is 1. The Morgan fingerprint density at radius 2 is 1.72 bits per heavy atom. The summed E-state index contributed by atoms with van der Waals surface area (Å²) in [7, 11) is -0.876. The SMILES string of the molecule is COc1ccc(OC)c(N(CC(=O)NCCOc2ccc(Cl)cc2)S(C)(=O)=O)c1. The average Bonchev–Trinajstić information content (AvgIpc) is 2.69. The molecular weight excluding hydrogens is 420 g/mol. The molecule has 8 nitrogen and oxygen atoms in total. The lowest BCUT2D eigenvalue weighted by atomic mass is 10.2. The Labute approximate surface area is 175 Å². The zero-order valence-corrected chi connectivity index (χ0v) is 17.9. The maximum Gasteiger partial charge on any atom is 0.240 e. The Hall–Kier alpha value is -2.65. The summed E-state index contributed by atoms with van der Waals surface area (Å²) in [6.45, 7) is 0.00629. The number of rotatable bonds is 10. The van der Waals surface area contributed by atoms with Gasteiger partial charge in [0.15, 0.2) is 0 Å². The van der Waals surface area contributed by atoms with Crippen LogP contribution >= 0.6 is 11.6 Å². The van der Waals surface area contributed by atoms with Crippen LogP contribution in [-0.4, -0.2) is 54.5 Å². The number of hydrogen-bond acceptors (Lipinski definition) is 6. The summed E-state index contributed by atoms with van der Waals surface area (Å²) in [4.78, 5) is 12.3. The highest BCUT2D eigenvalue weighted by Gasteiger charge is 2.24. The van der Waals surface area contributed by atoms with Crippen LogP contribution in [0.15, 0.2) is 42.5 Å². The molecule has 158 valence electrons. The quantitative estimate of drug-likeness (QED) is 0.567. The number of ether oxygens (including phenoxy) is 3. The van der Waals surface area contributed by atoms with E-state index in [1.54, 1.807) is 36.4 Å². The highest BCUT2D eigenvalue weighted by Crippen LogP contribution is 2.33. The van der Waals surface area contributed by atoms with Crippen LogP contribution in [0.25, 0.3) is 0 Å². The lowest BCUT2D eigenvalue weighted by Crippen LogP contribution is -2.41. The molecule has 0 unspecified atom stereocenters. The number of halogens is 1. The molecule has 0 aliphatic carbocycles. The third-order valence-corrected chi connectivity index (χ3v) is 5.23. The molecule has 2 rings (SSSR count). The second kappa shape index (κ2) is 10.2. The normalized spacial score (nSPS) is 10.9. The Bertz CT molecular complexity index is 934. The van der Waals surface area contributed by atoms with Gasteiger partial charge in [-0.1, -0.05) is 11.6 Å². The van der Waals surface area contributed by atoms with Gasteiger partial charge in [-0.15, -0.1) is 0 Å². The number of methoxy groups -OCH3 is 2. The van der Waals surface area contributed by atoms with Crippen molar-refractivity contribution in [2.45, 2.75) is 0 Å². The molecule has 0 bridgehead atoms. The van der Waals surface area contributed by atoms with Gasteiger partial charge in [-0.05, 0) is 36.4 Å². The molecule has 10 heteroatoms. The van der Waals surface area contributed by atoms with Gasteiger partial charge in [0.1, 0.15) is 30.4 Å². The first kappa shape index (κ1) is 22.6. The Kier molecular flexibility index (Phi) is 7.98. The molecule has 0 atom stereocenters. The number of benzene rings is 2. The second-order valence-corrected chi connectivity index (χ2v) is 8.30. The first-order chi connectivity index (χ1) is 13.7. The Morgan fingerprint density at radius 1 is 1.07 bits per heavy atom. The van der Waals surface area contributed by atoms with E-state index in [1.165, 1.54) is 20.3 Å². The van der Waals surface area contributed by atoms with E-state index in [4.69, 9.17) is 25.8 Å². The van der Waals surface area contributed by atoms with Crippen LogP contribution in [0, 0.1) is 0 Å². The zero-order valence-electron chi connectivity index (χ0n) is 16.3. The van der Waals surface area contributed by atoms with Gasteiger partial charge in [0.05, 0.1) is 32.7 Å². The van der Waals surface area contributed by atoms with Gasteiger partial charge in [-0.25, -0.2) is 8.42 Å². The van der Waals surface area contributed by atoms with E-state index in [0.29, 0.717) is 22.3 Å². The minimum Gasteiger partial charge on any atom is -0.497 e. The molecule has 0 saturated heterocycles. The smallest absolute Gasteiger partial charge is 0.240 e. The van der Waals surface area contributed by atoms with Gasteiger partial charge >= 0.3 is 0 Å². The topological polar surface area (TPSA) is 94.2 Å². The highest BCUT2D eigenvalue weighted by atomic mass is 35.5. The van der Waals surface area contributed by atoms with Gasteiger partial charge in [0.25, 0.3) is 0 Å². The van der Waals surface area contributed by atoms with E-state index in [0.717, 1.165) is 10.6 Å². The van der Waals surface area contributed by atoms with E-state index in [2.05, 4.69) is 5.32 Å². The summed E-state index contributed by atoms with van der Waals surface area (Å²) < 4.78 is 41.4. The van der Waals surface area contributed by atoms with Crippen LogP contribution in [0.3, 0.4) is 0 Å². The Morgan fingerprint density at radius 3 is 2.31 bits per heavy atom. The van der Waals surface area contributed by atoms with Crippen molar-refractivity contribution in [2.24, 2.45) is 0 Å². The van der Waals surface area contributed by atoms with Gasteiger partial charge in [-0.3, -0.25) is 9.10 Å². The molecule has 0 heterocycles. The average molecular weight is 443 g/mol. The molecule has 2 aromatic rings. The largest absolute Gasteiger partial charge is 0.497 e. The monoisotopic (exact) mass is 442 g/mol. The van der Waals surface area contributed by atoms with Crippen molar-refractivity contribution in [3.63, 3.8) is 0 Å². The van der Waals surface area contributed by atoms with Crippen LogP contribution in [0.4, 0.5) is 5.69 Å². The maximum absolute atomic E-state index is 12.3. The van der Waals surface area contributed by atoms with E-state index in [-0.39, 0.29) is 18.8 Å². The van der Waals surface area contributed by atoms with Crippen molar-refractivity contribution in [1.29, 1.82) is 0 Å². The molecule has 0 fully saturated rings. The van der Waals surface area contributed by atoms with Gasteiger partial charge in [0, 0.05) is 11.1 Å². The van der Waals surface area contributed by atoms with Crippen LogP contribution in [-0.2, 0) is 14.8 Å². The lowest BCUT2D eigenvalue weighted by molar-refractivity contribution is -0.119. The summed E-state index contributed by atoms with van der Waals surface area (Å²) in [6, 6.07) is 11.5. The molecule has 1 N–H and O–H groups in total. The van der Waals surface area contributed by atoms with Crippen molar-refractivity contribution in [3.05, 3.63) is 47.5 Å². The number of carbonyl (C=O) groups excluding carboxylic acids is 1. The number of nitrogens with one attached hydrogen (secondary N) is 1. The maximum atomic E-state index is 12.3. The number of hydrogen-bond donors (Lipinski definition) is 1. The van der Waals surface area contributed by atoms with Gasteiger partial charge in [-0.2, -0.15) is 0 Å². The molecular formula is C19H23ClN2O6S. The molecule has 0 aliphatic rings. The standard InChI is InChI=1S/C19H23ClN2O6S/c1-26-16-8-9-18(27-2)17(12-16)22(29(3,24)25)13-19(23)21-10-11-28-15-6-4-14(20)5-7-15/h4-9,12H,10-11,13H2,1-3H3,(H,21,23). The van der Waals surface area contributed by atoms with Crippen molar-refractivity contribution < 1.29 is 27.4 Å². The van der Waals surface area contributed by atoms with Crippen LogP contribution in [0.2, 0.25) is 5.02 Å². The predicted molar refractivity (Wildman–Crippen MR) is 112 cm³/mol. The number of carbonyl (C=O) groups is 1. The van der Waals surface area contributed by atoms with Gasteiger partial charge < -0.3 is 19.5 Å². The predicted octanol–water partition coefficient (Wildman–Crippen LogP) is 2.32. The fraction of sp³-hybridized carbons (Fsp3) is 0.316. The lowest BCUT2D eigenvalue weighted by Gasteiger charge is -2.24. The summed E-state index contributed by atoms with van der Waals surface area (Å²) in [5, 5.41) is 3.23. The minimum atomic E-state index is -3.76. The molecule has 0 spiro atoms. The first-order valence-electron chi connectivity index (χ1n) is 8.59. The molecule has 1 amide bonds. The summed E-state index contributed by atoms with van der Waals surface area (Å²) in [5.74, 6) is 0.865. The van der Waals surface area contributed by atoms with Crippen LogP contribution in [0.5, 0.6) is 17.2 Å². The van der Waals surface area contributed by atoms with Crippen LogP contribution in [0.1, 0.15) is 0 Å². The summed E-state index contributed by atoms with van der Waals surface area (Å²) in [6.07, 6.45) is 1.02. The van der Waals surface area contributed by atoms with Crippen molar-refractivity contribution in [2.75, 3.05) is 44.5 Å². The number of anilines is 1. The third kappa shape index (κ3) is 6.72. The van der Waals surface area contributed by atoms with E-state index in [9.17, 15) is 13.2 Å².